The third-order valence-electron chi connectivity index (χ3n) is 0.754. The monoisotopic (exact) mass is 146 g/mol. The SMILES string of the molecule is C[S@](=O)c1nc(N)n[nH]1. The highest BCUT2D eigenvalue weighted by Crippen LogP contribution is 1.95. The van der Waals surface area contributed by atoms with Crippen LogP contribution in [-0.4, -0.2) is 25.6 Å². The lowest BCUT2D eigenvalue weighted by Crippen LogP contribution is -1.90. The van der Waals surface area contributed by atoms with Crippen LogP contribution in [0.3, 0.4) is 0 Å². The van der Waals surface area contributed by atoms with Crippen LogP contribution in [0.5, 0.6) is 0 Å². The number of hydrogen-bond acceptors (Lipinski definition) is 4. The summed E-state index contributed by atoms with van der Waals surface area (Å²) in [4.78, 5) is 3.62. The molecule has 3 N–H and O–H groups in total. The van der Waals surface area contributed by atoms with Crippen molar-refractivity contribution in [1.82, 2.24) is 15.2 Å². The van der Waals surface area contributed by atoms with Crippen molar-refractivity contribution in [2.45, 2.75) is 5.16 Å². The van der Waals surface area contributed by atoms with E-state index in [1.807, 2.05) is 0 Å². The highest BCUT2D eigenvalue weighted by atomic mass is 32.2. The quantitative estimate of drug-likeness (QED) is 0.539. The van der Waals surface area contributed by atoms with Crippen molar-refractivity contribution in [2.75, 3.05) is 12.0 Å². The summed E-state index contributed by atoms with van der Waals surface area (Å²) in [5, 5.41) is 6.22. The second kappa shape index (κ2) is 2.14. The molecule has 0 spiro atoms. The first kappa shape index (κ1) is 6.21. The average Bonchev–Trinajstić information content (AvgIpc) is 2.14. The Morgan fingerprint density at radius 1 is 1.78 bits per heavy atom. The van der Waals surface area contributed by atoms with Gasteiger partial charge < -0.3 is 5.73 Å². The Bertz CT molecular complexity index is 231. The van der Waals surface area contributed by atoms with Gasteiger partial charge in [0.25, 0.3) is 0 Å². The number of anilines is 1. The Morgan fingerprint density at radius 2 is 2.44 bits per heavy atom. The number of aromatic nitrogens is 3. The molecule has 0 aliphatic heterocycles. The first-order valence-electron chi connectivity index (χ1n) is 2.21. The van der Waals surface area contributed by atoms with Crippen molar-refractivity contribution in [1.29, 1.82) is 0 Å². The molecule has 0 bridgehead atoms. The first-order chi connectivity index (χ1) is 4.20. The molecule has 6 heteroatoms. The molecule has 1 aromatic rings. The summed E-state index contributed by atoms with van der Waals surface area (Å²) in [6, 6.07) is 0. The fourth-order valence-electron chi connectivity index (χ4n) is 0.388. The summed E-state index contributed by atoms with van der Waals surface area (Å²) < 4.78 is 10.6. The molecule has 1 rings (SSSR count). The minimum Gasteiger partial charge on any atom is -0.366 e. The summed E-state index contributed by atoms with van der Waals surface area (Å²) in [5.41, 5.74) is 5.13. The third kappa shape index (κ3) is 1.26. The predicted molar refractivity (Wildman–Crippen MR) is 33.1 cm³/mol. The van der Waals surface area contributed by atoms with Crippen LogP contribution in [-0.2, 0) is 10.8 Å². The topological polar surface area (TPSA) is 84.7 Å². The fraction of sp³-hybridized carbons (Fsp3) is 0.333. The minimum atomic E-state index is -1.12. The summed E-state index contributed by atoms with van der Waals surface area (Å²) in [6.07, 6.45) is 1.50. The molecular weight excluding hydrogens is 140 g/mol. The van der Waals surface area contributed by atoms with Gasteiger partial charge in [-0.15, -0.1) is 5.10 Å². The number of nitrogen functional groups attached to an aromatic ring is 1. The summed E-state index contributed by atoms with van der Waals surface area (Å²) in [5.74, 6) is 0.125. The van der Waals surface area contributed by atoms with Gasteiger partial charge in [-0.1, -0.05) is 0 Å². The van der Waals surface area contributed by atoms with Gasteiger partial charge in [-0.2, -0.15) is 4.98 Å². The summed E-state index contributed by atoms with van der Waals surface area (Å²) in [6.45, 7) is 0. The molecule has 0 fully saturated rings. The number of nitrogens with two attached hydrogens (primary N) is 1. The lowest BCUT2D eigenvalue weighted by molar-refractivity contribution is 0.680. The molecule has 1 atom stereocenters. The van der Waals surface area contributed by atoms with Crippen LogP contribution in [0.4, 0.5) is 5.95 Å². The second-order valence-corrected chi connectivity index (χ2v) is 2.75. The van der Waals surface area contributed by atoms with Crippen molar-refractivity contribution in [3.05, 3.63) is 0 Å². The van der Waals surface area contributed by atoms with E-state index < -0.39 is 10.8 Å². The van der Waals surface area contributed by atoms with E-state index in [-0.39, 0.29) is 5.95 Å². The molecule has 0 saturated carbocycles. The molecule has 0 radical (unpaired) electrons. The molecule has 1 heterocycles. The molecular formula is C3H6N4OS. The molecule has 0 unspecified atom stereocenters. The number of nitrogens with zero attached hydrogens (tertiary/aromatic N) is 2. The summed E-state index contributed by atoms with van der Waals surface area (Å²) in [7, 11) is -1.12. The van der Waals surface area contributed by atoms with Crippen molar-refractivity contribution < 1.29 is 4.21 Å². The summed E-state index contributed by atoms with van der Waals surface area (Å²) >= 11 is 0. The Morgan fingerprint density at radius 3 is 2.67 bits per heavy atom. The van der Waals surface area contributed by atoms with E-state index in [1.54, 1.807) is 0 Å². The van der Waals surface area contributed by atoms with E-state index in [4.69, 9.17) is 5.73 Å². The van der Waals surface area contributed by atoms with E-state index in [1.165, 1.54) is 6.26 Å². The van der Waals surface area contributed by atoms with Crippen molar-refractivity contribution in [3.8, 4) is 0 Å². The van der Waals surface area contributed by atoms with Gasteiger partial charge in [0.05, 0.1) is 10.8 Å². The fourth-order valence-corrected chi connectivity index (χ4v) is 0.784. The highest BCUT2D eigenvalue weighted by molar-refractivity contribution is 7.84. The maximum absolute atomic E-state index is 10.6. The zero-order valence-corrected chi connectivity index (χ0v) is 5.60. The van der Waals surface area contributed by atoms with Crippen molar-refractivity contribution in [2.24, 2.45) is 0 Å². The van der Waals surface area contributed by atoms with Crippen LogP contribution in [0.1, 0.15) is 0 Å². The highest BCUT2D eigenvalue weighted by Gasteiger charge is 2.00. The van der Waals surface area contributed by atoms with Gasteiger partial charge in [-0.3, -0.25) is 9.31 Å². The number of nitrogens with one attached hydrogen (secondary N) is 1. The van der Waals surface area contributed by atoms with Gasteiger partial charge >= 0.3 is 0 Å². The van der Waals surface area contributed by atoms with Gasteiger partial charge in [-0.05, 0) is 0 Å². The third-order valence-corrected chi connectivity index (χ3v) is 1.48. The smallest absolute Gasteiger partial charge is 0.240 e. The van der Waals surface area contributed by atoms with Crippen LogP contribution in [0.15, 0.2) is 5.16 Å². The number of rotatable bonds is 1. The normalized spacial score (nSPS) is 13.4. The molecule has 0 amide bonds. The van der Waals surface area contributed by atoms with Crippen molar-refractivity contribution >= 4 is 16.7 Å². The van der Waals surface area contributed by atoms with Crippen LogP contribution >= 0.6 is 0 Å². The molecule has 0 aliphatic carbocycles. The van der Waals surface area contributed by atoms with Gasteiger partial charge in [-0.25, -0.2) is 0 Å². The van der Waals surface area contributed by atoms with Gasteiger partial charge in [0.1, 0.15) is 0 Å². The second-order valence-electron chi connectivity index (χ2n) is 1.45. The standard InChI is InChI=1S/C3H6N4OS/c1-9(8)3-5-2(4)6-7-3/h1H3,(H3,4,5,6,7)/t9-/m0/s1. The molecule has 0 saturated heterocycles. The molecule has 0 aliphatic rings. The van der Waals surface area contributed by atoms with Crippen LogP contribution < -0.4 is 5.73 Å². The first-order valence-corrected chi connectivity index (χ1v) is 3.77. The molecule has 1 aromatic heterocycles. The Kier molecular flexibility index (Phi) is 1.48. The van der Waals surface area contributed by atoms with E-state index in [0.29, 0.717) is 5.16 Å². The van der Waals surface area contributed by atoms with Crippen molar-refractivity contribution in [3.63, 3.8) is 0 Å². The number of hydrogen-bond donors (Lipinski definition) is 2. The zero-order chi connectivity index (χ0) is 6.85. The van der Waals surface area contributed by atoms with Gasteiger partial charge in [0.15, 0.2) is 0 Å². The van der Waals surface area contributed by atoms with Gasteiger partial charge in [0.2, 0.25) is 11.1 Å². The Hall–Kier alpha value is -0.910. The molecule has 0 aromatic carbocycles. The largest absolute Gasteiger partial charge is 0.366 e. The van der Waals surface area contributed by atoms with Crippen LogP contribution in [0, 0.1) is 0 Å². The van der Waals surface area contributed by atoms with Gasteiger partial charge in [0, 0.05) is 6.26 Å². The number of H-pyrrole nitrogens is 1. The maximum atomic E-state index is 10.6. The number of aromatic amines is 1. The Labute approximate surface area is 54.1 Å². The lowest BCUT2D eigenvalue weighted by Gasteiger charge is -1.80. The van der Waals surface area contributed by atoms with Crippen LogP contribution in [0.2, 0.25) is 0 Å². The maximum Gasteiger partial charge on any atom is 0.240 e. The van der Waals surface area contributed by atoms with E-state index in [9.17, 15) is 4.21 Å². The zero-order valence-electron chi connectivity index (χ0n) is 4.79. The van der Waals surface area contributed by atoms with E-state index in [2.05, 4.69) is 15.2 Å². The minimum absolute atomic E-state index is 0.125. The lowest BCUT2D eigenvalue weighted by atomic mass is 11.1. The Balaban J connectivity index is 2.98. The molecule has 5 nitrogen and oxygen atoms in total. The van der Waals surface area contributed by atoms with E-state index >= 15 is 0 Å². The average molecular weight is 146 g/mol. The predicted octanol–water partition coefficient (Wildman–Crippen LogP) is -0.876. The van der Waals surface area contributed by atoms with Crippen LogP contribution in [0.25, 0.3) is 0 Å². The molecule has 9 heavy (non-hydrogen) atoms. The molecule has 50 valence electrons. The van der Waals surface area contributed by atoms with E-state index in [0.717, 1.165) is 0 Å².